The molecule has 0 saturated heterocycles. The molecule has 6 nitrogen and oxygen atoms in total. The summed E-state index contributed by atoms with van der Waals surface area (Å²) >= 11 is 1.51. The second kappa shape index (κ2) is 5.63. The van der Waals surface area contributed by atoms with E-state index in [0.29, 0.717) is 0 Å². The lowest BCUT2D eigenvalue weighted by molar-refractivity contribution is -0.139. The van der Waals surface area contributed by atoms with Gasteiger partial charge in [0.2, 0.25) is 0 Å². The summed E-state index contributed by atoms with van der Waals surface area (Å²) in [6, 6.07) is 0. The summed E-state index contributed by atoms with van der Waals surface area (Å²) in [4.78, 5) is 17.5. The Bertz CT molecular complexity index is 509. The average molecular weight is 266 g/mol. The summed E-state index contributed by atoms with van der Waals surface area (Å²) in [5, 5.41) is 9.41. The van der Waals surface area contributed by atoms with Crippen molar-refractivity contribution in [3.8, 4) is 0 Å². The minimum absolute atomic E-state index is 0.215. The van der Waals surface area contributed by atoms with E-state index in [1.54, 1.807) is 6.20 Å². The number of aromatic nitrogens is 3. The quantitative estimate of drug-likeness (QED) is 0.824. The zero-order valence-electron chi connectivity index (χ0n) is 10.2. The number of ether oxygens (including phenoxy) is 1. The lowest BCUT2D eigenvalue weighted by Gasteiger charge is -2.13. The van der Waals surface area contributed by atoms with E-state index in [0.717, 1.165) is 22.9 Å². The highest BCUT2D eigenvalue weighted by molar-refractivity contribution is 7.13. The van der Waals surface area contributed by atoms with Crippen LogP contribution in [0.5, 0.6) is 0 Å². The highest BCUT2D eigenvalue weighted by Crippen LogP contribution is 2.21. The third kappa shape index (κ3) is 3.07. The first kappa shape index (κ1) is 12.6. The summed E-state index contributed by atoms with van der Waals surface area (Å²) in [6.45, 7) is 0.724. The lowest BCUT2D eigenvalue weighted by Crippen LogP contribution is -2.16. The summed E-state index contributed by atoms with van der Waals surface area (Å²) in [7, 11) is 3.33. The maximum absolute atomic E-state index is 11.1. The summed E-state index contributed by atoms with van der Waals surface area (Å²) < 4.78 is 4.61. The molecule has 0 radical (unpaired) electrons. The zero-order chi connectivity index (χ0) is 13.0. The van der Waals surface area contributed by atoms with E-state index in [1.807, 2.05) is 23.5 Å². The van der Waals surface area contributed by atoms with Crippen LogP contribution >= 0.6 is 11.3 Å². The van der Waals surface area contributed by atoms with Crippen molar-refractivity contribution >= 4 is 22.4 Å². The molecule has 1 N–H and O–H groups in total. The first-order valence-electron chi connectivity index (χ1n) is 5.39. The second-order valence-electron chi connectivity index (χ2n) is 3.84. The number of carbonyl (C=O) groups is 1. The number of aromatic amines is 1. The van der Waals surface area contributed by atoms with Crippen LogP contribution in [0.3, 0.4) is 0 Å². The molecule has 0 bridgehead atoms. The van der Waals surface area contributed by atoms with E-state index in [-0.39, 0.29) is 12.4 Å². The number of nitrogens with one attached hydrogen (secondary N) is 1. The van der Waals surface area contributed by atoms with Crippen molar-refractivity contribution in [2.45, 2.75) is 13.0 Å². The number of carbonyl (C=O) groups excluding carboxylic acids is 1. The molecule has 2 rings (SSSR count). The Hall–Kier alpha value is -1.89. The van der Waals surface area contributed by atoms with Gasteiger partial charge in [0.15, 0.2) is 5.13 Å². The van der Waals surface area contributed by atoms with E-state index in [4.69, 9.17) is 0 Å². The van der Waals surface area contributed by atoms with Crippen molar-refractivity contribution in [1.29, 1.82) is 0 Å². The van der Waals surface area contributed by atoms with Crippen LogP contribution < -0.4 is 4.90 Å². The van der Waals surface area contributed by atoms with Crippen molar-refractivity contribution in [2.24, 2.45) is 0 Å². The number of thiazole rings is 1. The molecule has 2 heterocycles. The number of H-pyrrole nitrogens is 1. The Morgan fingerprint density at radius 1 is 1.61 bits per heavy atom. The van der Waals surface area contributed by atoms with Gasteiger partial charge in [0.1, 0.15) is 0 Å². The van der Waals surface area contributed by atoms with Gasteiger partial charge in [-0.25, -0.2) is 4.98 Å². The van der Waals surface area contributed by atoms with Crippen molar-refractivity contribution in [2.75, 3.05) is 19.1 Å². The SMILES string of the molecule is COC(=O)Cc1csc(N(C)Cc2cn[nH]c2)n1. The van der Waals surface area contributed by atoms with Crippen LogP contribution in [0, 0.1) is 0 Å². The van der Waals surface area contributed by atoms with Crippen LogP contribution in [0.2, 0.25) is 0 Å². The van der Waals surface area contributed by atoms with Gasteiger partial charge in [-0.05, 0) is 0 Å². The zero-order valence-corrected chi connectivity index (χ0v) is 11.0. The van der Waals surface area contributed by atoms with Crippen LogP contribution in [0.1, 0.15) is 11.3 Å². The molecule has 0 aromatic carbocycles. The van der Waals surface area contributed by atoms with Crippen molar-refractivity contribution in [3.05, 3.63) is 29.0 Å². The number of nitrogens with zero attached hydrogens (tertiary/aromatic N) is 3. The molecule has 0 fully saturated rings. The Labute approximate surface area is 109 Å². The predicted octanol–water partition coefficient (Wildman–Crippen LogP) is 1.22. The number of anilines is 1. The summed E-state index contributed by atoms with van der Waals surface area (Å²) in [6.07, 6.45) is 3.84. The molecule has 2 aromatic heterocycles. The van der Waals surface area contributed by atoms with Crippen LogP contribution in [-0.4, -0.2) is 35.3 Å². The van der Waals surface area contributed by atoms with Gasteiger partial charge in [-0.3, -0.25) is 9.89 Å². The van der Waals surface area contributed by atoms with Gasteiger partial charge in [-0.2, -0.15) is 5.10 Å². The largest absolute Gasteiger partial charge is 0.469 e. The molecule has 2 aromatic rings. The molecule has 0 atom stereocenters. The van der Waals surface area contributed by atoms with E-state index in [1.165, 1.54) is 18.4 Å². The number of esters is 1. The molecule has 0 spiro atoms. The molecular formula is C11H14N4O2S. The Morgan fingerprint density at radius 3 is 3.11 bits per heavy atom. The molecule has 0 unspecified atom stereocenters. The highest BCUT2D eigenvalue weighted by atomic mass is 32.1. The van der Waals surface area contributed by atoms with Gasteiger partial charge in [0.05, 0.1) is 25.4 Å². The van der Waals surface area contributed by atoms with Crippen LogP contribution in [0.15, 0.2) is 17.8 Å². The lowest BCUT2D eigenvalue weighted by atomic mass is 10.3. The topological polar surface area (TPSA) is 71.1 Å². The molecular weight excluding hydrogens is 252 g/mol. The van der Waals surface area contributed by atoms with E-state index < -0.39 is 0 Å². The normalized spacial score (nSPS) is 10.3. The fourth-order valence-corrected chi connectivity index (χ4v) is 2.27. The van der Waals surface area contributed by atoms with Crippen LogP contribution in [-0.2, 0) is 22.5 Å². The smallest absolute Gasteiger partial charge is 0.311 e. The van der Waals surface area contributed by atoms with Gasteiger partial charge in [0, 0.05) is 30.7 Å². The van der Waals surface area contributed by atoms with Gasteiger partial charge in [-0.15, -0.1) is 11.3 Å². The molecule has 0 aliphatic carbocycles. The average Bonchev–Trinajstić information content (AvgIpc) is 3.00. The molecule has 0 aliphatic rings. The fourth-order valence-electron chi connectivity index (χ4n) is 1.48. The van der Waals surface area contributed by atoms with E-state index in [9.17, 15) is 4.79 Å². The number of hydrogen-bond acceptors (Lipinski definition) is 6. The fraction of sp³-hybridized carbons (Fsp3) is 0.364. The summed E-state index contributed by atoms with van der Waals surface area (Å²) in [5.41, 5.74) is 1.82. The maximum Gasteiger partial charge on any atom is 0.311 e. The highest BCUT2D eigenvalue weighted by Gasteiger charge is 2.11. The molecule has 96 valence electrons. The molecule has 0 aliphatic heterocycles. The van der Waals surface area contributed by atoms with Gasteiger partial charge in [0.25, 0.3) is 0 Å². The predicted molar refractivity (Wildman–Crippen MR) is 68.5 cm³/mol. The second-order valence-corrected chi connectivity index (χ2v) is 4.67. The number of rotatable bonds is 5. The molecule has 0 amide bonds. The number of hydrogen-bond donors (Lipinski definition) is 1. The Morgan fingerprint density at radius 2 is 2.44 bits per heavy atom. The molecule has 0 saturated carbocycles. The Balaban J connectivity index is 1.98. The van der Waals surface area contributed by atoms with Gasteiger partial charge < -0.3 is 9.64 Å². The third-order valence-electron chi connectivity index (χ3n) is 2.39. The maximum atomic E-state index is 11.1. The monoisotopic (exact) mass is 266 g/mol. The molecule has 7 heteroatoms. The van der Waals surface area contributed by atoms with E-state index in [2.05, 4.69) is 19.9 Å². The van der Waals surface area contributed by atoms with Gasteiger partial charge in [-0.1, -0.05) is 0 Å². The summed E-state index contributed by atoms with van der Waals surface area (Å²) in [5.74, 6) is -0.274. The van der Waals surface area contributed by atoms with Crippen molar-refractivity contribution in [3.63, 3.8) is 0 Å². The minimum atomic E-state index is -0.274. The first-order valence-corrected chi connectivity index (χ1v) is 6.27. The Kier molecular flexibility index (Phi) is 3.93. The van der Waals surface area contributed by atoms with E-state index >= 15 is 0 Å². The van der Waals surface area contributed by atoms with Crippen LogP contribution in [0.25, 0.3) is 0 Å². The minimum Gasteiger partial charge on any atom is -0.469 e. The van der Waals surface area contributed by atoms with Crippen molar-refractivity contribution in [1.82, 2.24) is 15.2 Å². The standard InChI is InChI=1S/C11H14N4O2S/c1-15(6-8-4-12-13-5-8)11-14-9(7-18-11)3-10(16)17-2/h4-5,7H,3,6H2,1-2H3,(H,12,13). The first-order chi connectivity index (χ1) is 8.69. The third-order valence-corrected chi connectivity index (χ3v) is 3.40. The van der Waals surface area contributed by atoms with Crippen LogP contribution in [0.4, 0.5) is 5.13 Å². The van der Waals surface area contributed by atoms with Crippen molar-refractivity contribution < 1.29 is 9.53 Å². The van der Waals surface area contributed by atoms with Gasteiger partial charge >= 0.3 is 5.97 Å². The molecule has 18 heavy (non-hydrogen) atoms. The number of methoxy groups -OCH3 is 1.